The fraction of sp³-hybridized carbons (Fsp3) is 0.250. The van der Waals surface area contributed by atoms with Crippen LogP contribution in [0.2, 0.25) is 5.02 Å². The molecule has 0 spiro atoms. The molecular formula is C12H8BrClN2O3. The van der Waals surface area contributed by atoms with Crippen molar-refractivity contribution >= 4 is 33.5 Å². The van der Waals surface area contributed by atoms with Crippen LogP contribution in [-0.2, 0) is 4.79 Å². The summed E-state index contributed by atoms with van der Waals surface area (Å²) in [4.78, 5) is 15.0. The van der Waals surface area contributed by atoms with Crippen molar-refractivity contribution in [2.75, 3.05) is 0 Å². The maximum absolute atomic E-state index is 10.8. The average Bonchev–Trinajstić information content (AvgIpc) is 3.04. The fourth-order valence-corrected chi connectivity index (χ4v) is 2.38. The number of aromatic nitrogens is 2. The quantitative estimate of drug-likeness (QED) is 0.925. The second-order valence-electron chi connectivity index (χ2n) is 4.37. The highest BCUT2D eigenvalue weighted by atomic mass is 79.9. The van der Waals surface area contributed by atoms with Crippen LogP contribution in [0.1, 0.15) is 18.2 Å². The van der Waals surface area contributed by atoms with E-state index in [1.165, 1.54) is 0 Å². The lowest BCUT2D eigenvalue weighted by molar-refractivity contribution is -0.138. The molecule has 98 valence electrons. The molecule has 7 heteroatoms. The van der Waals surface area contributed by atoms with Gasteiger partial charge in [-0.15, -0.1) is 0 Å². The molecule has 1 saturated carbocycles. The van der Waals surface area contributed by atoms with Crippen LogP contribution in [0.4, 0.5) is 0 Å². The number of carboxylic acid groups (broad SMARTS) is 1. The molecule has 2 aromatic rings. The molecule has 2 unspecified atom stereocenters. The van der Waals surface area contributed by atoms with Gasteiger partial charge in [0.2, 0.25) is 11.7 Å². The lowest BCUT2D eigenvalue weighted by Crippen LogP contribution is -1.98. The molecule has 2 atom stereocenters. The highest BCUT2D eigenvalue weighted by molar-refractivity contribution is 9.10. The summed E-state index contributed by atoms with van der Waals surface area (Å²) < 4.78 is 5.86. The molecule has 5 nitrogen and oxygen atoms in total. The zero-order chi connectivity index (χ0) is 13.6. The number of hydrogen-bond acceptors (Lipinski definition) is 4. The predicted octanol–water partition coefficient (Wildman–Crippen LogP) is 3.34. The molecule has 0 amide bonds. The van der Waals surface area contributed by atoms with E-state index in [0.717, 1.165) is 10.0 Å². The molecule has 1 aliphatic carbocycles. The highest BCUT2D eigenvalue weighted by Gasteiger charge is 2.48. The number of hydrogen-bond donors (Lipinski definition) is 1. The number of carboxylic acids is 1. The third-order valence-electron chi connectivity index (χ3n) is 3.04. The minimum atomic E-state index is -0.820. The van der Waals surface area contributed by atoms with E-state index in [2.05, 4.69) is 26.1 Å². The molecule has 1 aromatic carbocycles. The average molecular weight is 344 g/mol. The van der Waals surface area contributed by atoms with Crippen molar-refractivity contribution < 1.29 is 14.4 Å². The van der Waals surface area contributed by atoms with Crippen molar-refractivity contribution in [3.8, 4) is 11.4 Å². The standard InChI is InChI=1S/C12H8BrClN2O3/c13-8-3-5(1-2-9(8)14)10-15-11(19-16-10)6-4-7(6)12(17)18/h1-3,6-7H,4H2,(H,17,18). The van der Waals surface area contributed by atoms with Crippen LogP contribution in [0.5, 0.6) is 0 Å². The van der Waals surface area contributed by atoms with Gasteiger partial charge in [0.15, 0.2) is 0 Å². The molecule has 1 aromatic heterocycles. The summed E-state index contributed by atoms with van der Waals surface area (Å²) in [7, 11) is 0. The normalized spacial score (nSPS) is 21.4. The van der Waals surface area contributed by atoms with Crippen LogP contribution < -0.4 is 0 Å². The third-order valence-corrected chi connectivity index (χ3v) is 4.26. The summed E-state index contributed by atoms with van der Waals surface area (Å²) in [5.41, 5.74) is 0.763. The van der Waals surface area contributed by atoms with Crippen LogP contribution in [0, 0.1) is 5.92 Å². The summed E-state index contributed by atoms with van der Waals surface area (Å²) in [5.74, 6) is -0.560. The molecule has 0 bridgehead atoms. The van der Waals surface area contributed by atoms with Crippen molar-refractivity contribution in [1.82, 2.24) is 10.1 Å². The summed E-state index contributed by atoms with van der Waals surface area (Å²) in [6.45, 7) is 0. The van der Waals surface area contributed by atoms with E-state index in [-0.39, 0.29) is 5.92 Å². The summed E-state index contributed by atoms with van der Waals surface area (Å²) in [6, 6.07) is 5.30. The van der Waals surface area contributed by atoms with Gasteiger partial charge in [0.05, 0.1) is 16.9 Å². The molecule has 19 heavy (non-hydrogen) atoms. The van der Waals surface area contributed by atoms with E-state index in [9.17, 15) is 4.79 Å². The molecule has 0 aliphatic heterocycles. The van der Waals surface area contributed by atoms with E-state index in [4.69, 9.17) is 21.2 Å². The lowest BCUT2D eigenvalue weighted by Gasteiger charge is -1.97. The number of benzene rings is 1. The monoisotopic (exact) mass is 342 g/mol. The number of carbonyl (C=O) groups is 1. The van der Waals surface area contributed by atoms with Crippen LogP contribution >= 0.6 is 27.5 Å². The van der Waals surface area contributed by atoms with Gasteiger partial charge in [-0.25, -0.2) is 0 Å². The Balaban J connectivity index is 1.85. The third kappa shape index (κ3) is 2.37. The predicted molar refractivity (Wildman–Crippen MR) is 70.9 cm³/mol. The summed E-state index contributed by atoms with van der Waals surface area (Å²) in [5, 5.41) is 13.3. The number of halogens is 2. The van der Waals surface area contributed by atoms with Gasteiger partial charge < -0.3 is 9.63 Å². The summed E-state index contributed by atoms with van der Waals surface area (Å²) >= 11 is 9.24. The maximum atomic E-state index is 10.8. The van der Waals surface area contributed by atoms with E-state index < -0.39 is 11.9 Å². The molecule has 1 aliphatic rings. The maximum Gasteiger partial charge on any atom is 0.307 e. The SMILES string of the molecule is O=C(O)C1CC1c1nc(-c2ccc(Cl)c(Br)c2)no1. The van der Waals surface area contributed by atoms with Crippen molar-refractivity contribution in [3.05, 3.63) is 33.6 Å². The zero-order valence-corrected chi connectivity index (χ0v) is 11.8. The van der Waals surface area contributed by atoms with Crippen molar-refractivity contribution in [2.24, 2.45) is 5.92 Å². The minimum Gasteiger partial charge on any atom is -0.481 e. The van der Waals surface area contributed by atoms with Gasteiger partial charge in [-0.1, -0.05) is 16.8 Å². The van der Waals surface area contributed by atoms with Gasteiger partial charge in [0, 0.05) is 10.0 Å². The van der Waals surface area contributed by atoms with Crippen molar-refractivity contribution in [2.45, 2.75) is 12.3 Å². The Morgan fingerprint density at radius 2 is 2.32 bits per heavy atom. The smallest absolute Gasteiger partial charge is 0.307 e. The highest BCUT2D eigenvalue weighted by Crippen LogP contribution is 2.47. The Bertz CT molecular complexity index is 658. The van der Waals surface area contributed by atoms with E-state index in [0.29, 0.717) is 23.2 Å². The second-order valence-corrected chi connectivity index (χ2v) is 5.63. The van der Waals surface area contributed by atoms with E-state index in [1.807, 2.05) is 0 Å². The Labute approximate surface area is 121 Å². The van der Waals surface area contributed by atoms with E-state index >= 15 is 0 Å². The topological polar surface area (TPSA) is 76.2 Å². The van der Waals surface area contributed by atoms with Crippen LogP contribution in [0.25, 0.3) is 11.4 Å². The van der Waals surface area contributed by atoms with E-state index in [1.54, 1.807) is 18.2 Å². The second kappa shape index (κ2) is 4.61. The van der Waals surface area contributed by atoms with Gasteiger partial charge in [0.1, 0.15) is 0 Å². The zero-order valence-electron chi connectivity index (χ0n) is 9.51. The Kier molecular flexibility index (Phi) is 3.06. The Hall–Kier alpha value is -1.40. The lowest BCUT2D eigenvalue weighted by atomic mass is 10.2. The first-order chi connectivity index (χ1) is 9.06. The molecule has 0 saturated heterocycles. The van der Waals surface area contributed by atoms with Crippen LogP contribution in [0.3, 0.4) is 0 Å². The van der Waals surface area contributed by atoms with Gasteiger partial charge >= 0.3 is 5.97 Å². The molecule has 1 fully saturated rings. The first-order valence-electron chi connectivity index (χ1n) is 5.58. The first kappa shape index (κ1) is 12.6. The number of nitrogens with zero attached hydrogens (tertiary/aromatic N) is 2. The molecule has 1 N–H and O–H groups in total. The minimum absolute atomic E-state index is 0.158. The van der Waals surface area contributed by atoms with Gasteiger partial charge in [-0.3, -0.25) is 4.79 Å². The molecular weight excluding hydrogens is 336 g/mol. The van der Waals surface area contributed by atoms with Crippen LogP contribution in [-0.4, -0.2) is 21.2 Å². The fourth-order valence-electron chi connectivity index (χ4n) is 1.88. The largest absolute Gasteiger partial charge is 0.481 e. The molecule has 1 heterocycles. The van der Waals surface area contributed by atoms with Gasteiger partial charge in [0.25, 0.3) is 0 Å². The van der Waals surface area contributed by atoms with Crippen molar-refractivity contribution in [3.63, 3.8) is 0 Å². The van der Waals surface area contributed by atoms with Crippen LogP contribution in [0.15, 0.2) is 27.2 Å². The van der Waals surface area contributed by atoms with Crippen molar-refractivity contribution in [1.29, 1.82) is 0 Å². The molecule has 0 radical (unpaired) electrons. The van der Waals surface area contributed by atoms with Gasteiger partial charge in [-0.2, -0.15) is 4.98 Å². The number of rotatable bonds is 3. The number of aliphatic carboxylic acids is 1. The molecule has 3 rings (SSSR count). The first-order valence-corrected chi connectivity index (χ1v) is 6.75. The summed E-state index contributed by atoms with van der Waals surface area (Å²) in [6.07, 6.45) is 0.557. The Morgan fingerprint density at radius 1 is 1.53 bits per heavy atom. The Morgan fingerprint density at radius 3 is 2.95 bits per heavy atom. The van der Waals surface area contributed by atoms with Gasteiger partial charge in [-0.05, 0) is 40.5 Å².